The Morgan fingerprint density at radius 3 is 3.05 bits per heavy atom. The highest BCUT2D eigenvalue weighted by atomic mass is 32.2. The predicted molar refractivity (Wildman–Crippen MR) is 81.6 cm³/mol. The predicted octanol–water partition coefficient (Wildman–Crippen LogP) is 1.35. The third kappa shape index (κ3) is 2.89. The average molecular weight is 306 g/mol. The van der Waals surface area contributed by atoms with Crippen LogP contribution in [-0.2, 0) is 11.3 Å². The molecule has 112 valence electrons. The SMILES string of the molecule is Cc1cc(C)n2cc(CN3CCSCC3C(=O)O)nc2n1. The number of thioether (sulfide) groups is 1. The van der Waals surface area contributed by atoms with E-state index in [1.165, 1.54) is 0 Å². The second-order valence-electron chi connectivity index (χ2n) is 5.34. The van der Waals surface area contributed by atoms with Gasteiger partial charge < -0.3 is 5.11 Å². The minimum absolute atomic E-state index is 0.427. The maximum atomic E-state index is 11.3. The molecule has 3 rings (SSSR count). The Balaban J connectivity index is 1.87. The van der Waals surface area contributed by atoms with Gasteiger partial charge in [0.2, 0.25) is 5.78 Å². The maximum Gasteiger partial charge on any atom is 0.321 e. The molecule has 2 aromatic heterocycles. The number of imidazole rings is 1. The van der Waals surface area contributed by atoms with E-state index < -0.39 is 12.0 Å². The fourth-order valence-electron chi connectivity index (χ4n) is 2.66. The monoisotopic (exact) mass is 306 g/mol. The second-order valence-corrected chi connectivity index (χ2v) is 6.49. The van der Waals surface area contributed by atoms with Crippen LogP contribution in [0.1, 0.15) is 17.1 Å². The van der Waals surface area contributed by atoms with Crippen LogP contribution < -0.4 is 0 Å². The van der Waals surface area contributed by atoms with Gasteiger partial charge >= 0.3 is 5.97 Å². The first-order valence-corrected chi connectivity index (χ1v) is 8.07. The molecule has 21 heavy (non-hydrogen) atoms. The number of hydrogen-bond acceptors (Lipinski definition) is 5. The standard InChI is InChI=1S/C14H18N4O2S/c1-9-5-10(2)18-7-11(16-14(18)15-9)6-17-3-4-21-8-12(17)13(19)20/h5,7,12H,3-4,6,8H2,1-2H3,(H,19,20). The van der Waals surface area contributed by atoms with Crippen molar-refractivity contribution in [3.8, 4) is 0 Å². The van der Waals surface area contributed by atoms with Gasteiger partial charge in [-0.2, -0.15) is 11.8 Å². The summed E-state index contributed by atoms with van der Waals surface area (Å²) in [6.07, 6.45) is 1.96. The highest BCUT2D eigenvalue weighted by molar-refractivity contribution is 7.99. The van der Waals surface area contributed by atoms with Crippen LogP contribution in [-0.4, -0.2) is 54.4 Å². The van der Waals surface area contributed by atoms with Crippen LogP contribution in [0, 0.1) is 13.8 Å². The second kappa shape index (κ2) is 5.65. The zero-order valence-electron chi connectivity index (χ0n) is 12.1. The number of aromatic nitrogens is 3. The Labute approximate surface area is 127 Å². The van der Waals surface area contributed by atoms with Crippen molar-refractivity contribution in [2.75, 3.05) is 18.1 Å². The van der Waals surface area contributed by atoms with Crippen molar-refractivity contribution in [3.05, 3.63) is 29.3 Å². The third-order valence-corrected chi connectivity index (χ3v) is 4.72. The molecule has 6 nitrogen and oxygen atoms in total. The Bertz CT molecular complexity index is 685. The lowest BCUT2D eigenvalue weighted by Gasteiger charge is -2.31. The van der Waals surface area contributed by atoms with E-state index in [0.717, 1.165) is 29.4 Å². The number of carboxylic acid groups (broad SMARTS) is 1. The van der Waals surface area contributed by atoms with Crippen molar-refractivity contribution in [3.63, 3.8) is 0 Å². The maximum absolute atomic E-state index is 11.3. The van der Waals surface area contributed by atoms with Gasteiger partial charge in [0.25, 0.3) is 0 Å². The van der Waals surface area contributed by atoms with Gasteiger partial charge in [-0.3, -0.25) is 14.1 Å². The van der Waals surface area contributed by atoms with Crippen molar-refractivity contribution in [1.82, 2.24) is 19.3 Å². The molecule has 0 aromatic carbocycles. The van der Waals surface area contributed by atoms with Crippen LogP contribution in [0.25, 0.3) is 5.78 Å². The molecule has 1 aliphatic rings. The van der Waals surface area contributed by atoms with Gasteiger partial charge in [-0.1, -0.05) is 0 Å². The lowest BCUT2D eigenvalue weighted by molar-refractivity contribution is -0.142. The first-order valence-electron chi connectivity index (χ1n) is 6.91. The van der Waals surface area contributed by atoms with Gasteiger partial charge in [-0.05, 0) is 19.9 Å². The van der Waals surface area contributed by atoms with Crippen molar-refractivity contribution in [2.45, 2.75) is 26.4 Å². The Morgan fingerprint density at radius 2 is 2.29 bits per heavy atom. The van der Waals surface area contributed by atoms with E-state index in [2.05, 4.69) is 9.97 Å². The van der Waals surface area contributed by atoms with Gasteiger partial charge in [-0.15, -0.1) is 0 Å². The Hall–Kier alpha value is -1.60. The molecule has 0 spiro atoms. The molecular weight excluding hydrogens is 288 g/mol. The molecule has 7 heteroatoms. The highest BCUT2D eigenvalue weighted by Crippen LogP contribution is 2.19. The highest BCUT2D eigenvalue weighted by Gasteiger charge is 2.29. The van der Waals surface area contributed by atoms with Gasteiger partial charge in [0, 0.05) is 42.2 Å². The summed E-state index contributed by atoms with van der Waals surface area (Å²) < 4.78 is 1.96. The summed E-state index contributed by atoms with van der Waals surface area (Å²) in [4.78, 5) is 22.3. The van der Waals surface area contributed by atoms with Crippen LogP contribution in [0.5, 0.6) is 0 Å². The van der Waals surface area contributed by atoms with Gasteiger partial charge in [0.15, 0.2) is 0 Å². The number of aryl methyl sites for hydroxylation is 2. The van der Waals surface area contributed by atoms with Crippen molar-refractivity contribution < 1.29 is 9.90 Å². The topological polar surface area (TPSA) is 70.7 Å². The summed E-state index contributed by atoms with van der Waals surface area (Å²) in [6, 6.07) is 1.58. The number of aliphatic carboxylic acids is 1. The molecule has 1 atom stereocenters. The van der Waals surface area contributed by atoms with Crippen LogP contribution in [0.4, 0.5) is 0 Å². The third-order valence-electron chi connectivity index (χ3n) is 3.70. The summed E-state index contributed by atoms with van der Waals surface area (Å²) in [5, 5.41) is 9.31. The molecule has 0 bridgehead atoms. The van der Waals surface area contributed by atoms with Crippen LogP contribution in [0.15, 0.2) is 12.3 Å². The van der Waals surface area contributed by atoms with E-state index >= 15 is 0 Å². The van der Waals surface area contributed by atoms with Crippen LogP contribution in [0.3, 0.4) is 0 Å². The molecule has 1 fully saturated rings. The molecular formula is C14H18N4O2S. The molecule has 2 aromatic rings. The van der Waals surface area contributed by atoms with Crippen molar-refractivity contribution >= 4 is 23.5 Å². The first kappa shape index (κ1) is 14.3. The van der Waals surface area contributed by atoms with Gasteiger partial charge in [0.05, 0.1) is 5.69 Å². The summed E-state index contributed by atoms with van der Waals surface area (Å²) in [5.41, 5.74) is 2.89. The molecule has 0 aliphatic carbocycles. The number of nitrogens with zero attached hydrogens (tertiary/aromatic N) is 4. The van der Waals surface area contributed by atoms with E-state index in [-0.39, 0.29) is 0 Å². The summed E-state index contributed by atoms with van der Waals surface area (Å²) in [5.74, 6) is 1.53. The number of carboxylic acids is 1. The quantitative estimate of drug-likeness (QED) is 0.923. The van der Waals surface area contributed by atoms with Gasteiger partial charge in [-0.25, -0.2) is 9.97 Å². The zero-order valence-corrected chi connectivity index (χ0v) is 12.9. The molecule has 1 saturated heterocycles. The Morgan fingerprint density at radius 1 is 1.48 bits per heavy atom. The fraction of sp³-hybridized carbons (Fsp3) is 0.500. The number of rotatable bonds is 3. The van der Waals surface area contributed by atoms with E-state index in [1.807, 2.05) is 35.4 Å². The summed E-state index contributed by atoms with van der Waals surface area (Å²) in [7, 11) is 0. The molecule has 0 amide bonds. The molecule has 0 saturated carbocycles. The van der Waals surface area contributed by atoms with Crippen molar-refractivity contribution in [1.29, 1.82) is 0 Å². The van der Waals surface area contributed by atoms with E-state index in [1.54, 1.807) is 11.8 Å². The summed E-state index contributed by atoms with van der Waals surface area (Å²) in [6.45, 7) is 5.30. The largest absolute Gasteiger partial charge is 0.480 e. The first-order chi connectivity index (χ1) is 10.0. The number of hydrogen-bond donors (Lipinski definition) is 1. The molecule has 1 aliphatic heterocycles. The van der Waals surface area contributed by atoms with E-state index in [0.29, 0.717) is 18.1 Å². The lowest BCUT2D eigenvalue weighted by atomic mass is 10.2. The van der Waals surface area contributed by atoms with Crippen LogP contribution >= 0.6 is 11.8 Å². The van der Waals surface area contributed by atoms with Crippen molar-refractivity contribution in [2.24, 2.45) is 0 Å². The minimum atomic E-state index is -0.754. The molecule has 3 heterocycles. The summed E-state index contributed by atoms with van der Waals surface area (Å²) >= 11 is 1.69. The normalized spacial score (nSPS) is 20.0. The number of carbonyl (C=O) groups is 1. The molecule has 0 radical (unpaired) electrons. The van der Waals surface area contributed by atoms with Gasteiger partial charge in [0.1, 0.15) is 6.04 Å². The number of fused-ring (bicyclic) bond motifs is 1. The fourth-order valence-corrected chi connectivity index (χ4v) is 3.76. The Kier molecular flexibility index (Phi) is 3.86. The van der Waals surface area contributed by atoms with Crippen LogP contribution in [0.2, 0.25) is 0 Å². The average Bonchev–Trinajstić information content (AvgIpc) is 2.81. The minimum Gasteiger partial charge on any atom is -0.480 e. The zero-order chi connectivity index (χ0) is 15.0. The van der Waals surface area contributed by atoms with E-state index in [9.17, 15) is 9.90 Å². The lowest BCUT2D eigenvalue weighted by Crippen LogP contribution is -2.46. The smallest absolute Gasteiger partial charge is 0.321 e. The van der Waals surface area contributed by atoms with E-state index in [4.69, 9.17) is 0 Å². The molecule has 1 N–H and O–H groups in total. The molecule has 1 unspecified atom stereocenters.